The van der Waals surface area contributed by atoms with Crippen LogP contribution in [0.4, 0.5) is 0 Å². The zero-order valence-electron chi connectivity index (χ0n) is 7.32. The van der Waals surface area contributed by atoms with Gasteiger partial charge in [-0.3, -0.25) is 5.73 Å². The smallest absolute Gasteiger partial charge is 0.230 e. The molecule has 1 atom stereocenters. The van der Waals surface area contributed by atoms with Crippen molar-refractivity contribution in [1.82, 2.24) is 4.90 Å². The Kier molecular flexibility index (Phi) is 2.49. The summed E-state index contributed by atoms with van der Waals surface area (Å²) in [5, 5.41) is 9.41. The quantitative estimate of drug-likeness (QED) is 0.458. The standard InChI is InChI=1S/C8H15N3O/c1-3-5-11-6-8(9,12)10-7(11)4-2/h3,12H,1,4-6,9H2,2H3. The molecule has 0 aliphatic carbocycles. The van der Waals surface area contributed by atoms with Gasteiger partial charge in [0.25, 0.3) is 0 Å². The third-order valence-electron chi connectivity index (χ3n) is 1.78. The van der Waals surface area contributed by atoms with E-state index in [4.69, 9.17) is 5.73 Å². The van der Waals surface area contributed by atoms with Gasteiger partial charge in [0.15, 0.2) is 0 Å². The highest BCUT2D eigenvalue weighted by Gasteiger charge is 2.31. The molecule has 0 saturated carbocycles. The lowest BCUT2D eigenvalue weighted by Gasteiger charge is -2.19. The Morgan fingerprint density at radius 3 is 3.08 bits per heavy atom. The number of nitrogens with two attached hydrogens (primary N) is 1. The van der Waals surface area contributed by atoms with Crippen LogP contribution in [0.2, 0.25) is 0 Å². The van der Waals surface area contributed by atoms with Crippen LogP contribution in [0.1, 0.15) is 13.3 Å². The van der Waals surface area contributed by atoms with Crippen LogP contribution in [0.25, 0.3) is 0 Å². The number of aliphatic imine (C=N–C) groups is 1. The van der Waals surface area contributed by atoms with Crippen molar-refractivity contribution >= 4 is 5.84 Å². The molecule has 1 aliphatic heterocycles. The summed E-state index contributed by atoms with van der Waals surface area (Å²) in [5.74, 6) is -0.547. The number of β-amino-alcohol motifs (C(OH)–C–C–N with tert-alkyl or cyclic N) is 1. The maximum atomic E-state index is 9.41. The molecule has 0 aromatic carbocycles. The minimum Gasteiger partial charge on any atom is -0.356 e. The summed E-state index contributed by atoms with van der Waals surface area (Å²) in [6.45, 7) is 6.65. The molecule has 68 valence electrons. The third-order valence-corrected chi connectivity index (χ3v) is 1.78. The first kappa shape index (κ1) is 9.22. The Balaban J connectivity index is 2.69. The Morgan fingerprint density at radius 2 is 2.58 bits per heavy atom. The van der Waals surface area contributed by atoms with E-state index in [0.717, 1.165) is 12.3 Å². The van der Waals surface area contributed by atoms with Gasteiger partial charge in [0.2, 0.25) is 5.85 Å². The highest BCUT2D eigenvalue weighted by atomic mass is 16.3. The number of hydrogen-bond donors (Lipinski definition) is 2. The van der Waals surface area contributed by atoms with Gasteiger partial charge in [-0.05, 0) is 0 Å². The van der Waals surface area contributed by atoms with E-state index in [9.17, 15) is 5.11 Å². The van der Waals surface area contributed by atoms with Crippen LogP contribution in [-0.2, 0) is 0 Å². The topological polar surface area (TPSA) is 61.8 Å². The molecule has 0 amide bonds. The van der Waals surface area contributed by atoms with Gasteiger partial charge in [0.05, 0.1) is 6.54 Å². The van der Waals surface area contributed by atoms with Gasteiger partial charge in [-0.2, -0.15) is 0 Å². The number of aliphatic hydroxyl groups is 1. The molecule has 4 nitrogen and oxygen atoms in total. The second-order valence-corrected chi connectivity index (χ2v) is 2.93. The molecule has 0 aromatic heterocycles. The number of hydrogen-bond acceptors (Lipinski definition) is 4. The Morgan fingerprint density at radius 1 is 1.92 bits per heavy atom. The lowest BCUT2D eigenvalue weighted by Crippen LogP contribution is -2.43. The number of rotatable bonds is 3. The van der Waals surface area contributed by atoms with Crippen molar-refractivity contribution in [1.29, 1.82) is 0 Å². The second kappa shape index (κ2) is 3.25. The lowest BCUT2D eigenvalue weighted by molar-refractivity contribution is 0.0536. The summed E-state index contributed by atoms with van der Waals surface area (Å²) < 4.78 is 0. The fourth-order valence-corrected chi connectivity index (χ4v) is 1.33. The van der Waals surface area contributed by atoms with Gasteiger partial charge >= 0.3 is 0 Å². The molecule has 0 aromatic rings. The molecule has 0 bridgehead atoms. The Bertz CT molecular complexity index is 210. The van der Waals surface area contributed by atoms with Gasteiger partial charge in [0.1, 0.15) is 5.84 Å². The van der Waals surface area contributed by atoms with E-state index in [1.165, 1.54) is 0 Å². The molecule has 1 unspecified atom stereocenters. The van der Waals surface area contributed by atoms with Gasteiger partial charge in [0, 0.05) is 13.0 Å². The van der Waals surface area contributed by atoms with E-state index in [-0.39, 0.29) is 0 Å². The molecular weight excluding hydrogens is 154 g/mol. The minimum absolute atomic E-state index is 0.363. The van der Waals surface area contributed by atoms with Gasteiger partial charge in [-0.25, -0.2) is 4.99 Å². The third kappa shape index (κ3) is 1.84. The van der Waals surface area contributed by atoms with Crippen molar-refractivity contribution in [2.24, 2.45) is 10.7 Å². The van der Waals surface area contributed by atoms with Gasteiger partial charge < -0.3 is 10.0 Å². The van der Waals surface area contributed by atoms with Gasteiger partial charge in [-0.15, -0.1) is 6.58 Å². The molecule has 1 aliphatic rings. The van der Waals surface area contributed by atoms with Crippen LogP contribution < -0.4 is 5.73 Å². The predicted octanol–water partition coefficient (Wildman–Crippen LogP) is -0.0987. The number of nitrogens with zero attached hydrogens (tertiary/aromatic N) is 2. The fourth-order valence-electron chi connectivity index (χ4n) is 1.33. The zero-order chi connectivity index (χ0) is 9.19. The summed E-state index contributed by atoms with van der Waals surface area (Å²) in [5.41, 5.74) is 5.46. The molecule has 3 N–H and O–H groups in total. The predicted molar refractivity (Wildman–Crippen MR) is 48.6 cm³/mol. The molecule has 0 spiro atoms. The molecule has 12 heavy (non-hydrogen) atoms. The van der Waals surface area contributed by atoms with E-state index in [0.29, 0.717) is 13.1 Å². The Labute approximate surface area is 72.4 Å². The first-order valence-corrected chi connectivity index (χ1v) is 4.05. The van der Waals surface area contributed by atoms with E-state index < -0.39 is 5.85 Å². The molecule has 4 heteroatoms. The van der Waals surface area contributed by atoms with Crippen LogP contribution in [-0.4, -0.2) is 34.8 Å². The van der Waals surface area contributed by atoms with E-state index in [2.05, 4.69) is 11.6 Å². The molecule has 1 heterocycles. The highest BCUT2D eigenvalue weighted by molar-refractivity contribution is 5.84. The summed E-state index contributed by atoms with van der Waals surface area (Å²) in [6, 6.07) is 0. The summed E-state index contributed by atoms with van der Waals surface area (Å²) in [4.78, 5) is 5.89. The Hall–Kier alpha value is -0.870. The number of amidine groups is 1. The molecule has 0 radical (unpaired) electrons. The second-order valence-electron chi connectivity index (χ2n) is 2.93. The molecular formula is C8H15N3O. The van der Waals surface area contributed by atoms with E-state index in [1.807, 2.05) is 11.8 Å². The van der Waals surface area contributed by atoms with Gasteiger partial charge in [-0.1, -0.05) is 13.0 Å². The summed E-state index contributed by atoms with van der Waals surface area (Å²) >= 11 is 0. The summed E-state index contributed by atoms with van der Waals surface area (Å²) in [6.07, 6.45) is 2.56. The normalized spacial score (nSPS) is 28.9. The van der Waals surface area contributed by atoms with Crippen molar-refractivity contribution in [3.05, 3.63) is 12.7 Å². The van der Waals surface area contributed by atoms with Crippen LogP contribution in [0.3, 0.4) is 0 Å². The lowest BCUT2D eigenvalue weighted by atomic mass is 10.3. The largest absolute Gasteiger partial charge is 0.356 e. The highest BCUT2D eigenvalue weighted by Crippen LogP contribution is 2.14. The molecule has 1 rings (SSSR count). The van der Waals surface area contributed by atoms with E-state index in [1.54, 1.807) is 6.08 Å². The zero-order valence-corrected chi connectivity index (χ0v) is 7.32. The average molecular weight is 169 g/mol. The molecule has 0 fully saturated rings. The van der Waals surface area contributed by atoms with Crippen molar-refractivity contribution in [3.8, 4) is 0 Å². The summed E-state index contributed by atoms with van der Waals surface area (Å²) in [7, 11) is 0. The first-order valence-electron chi connectivity index (χ1n) is 4.05. The average Bonchev–Trinajstić information content (AvgIpc) is 2.26. The van der Waals surface area contributed by atoms with Crippen LogP contribution in [0.15, 0.2) is 17.6 Å². The van der Waals surface area contributed by atoms with Crippen molar-refractivity contribution in [3.63, 3.8) is 0 Å². The maximum absolute atomic E-state index is 9.41. The fraction of sp³-hybridized carbons (Fsp3) is 0.625. The van der Waals surface area contributed by atoms with E-state index >= 15 is 0 Å². The maximum Gasteiger partial charge on any atom is 0.230 e. The molecule has 0 saturated heterocycles. The first-order chi connectivity index (χ1) is 5.59. The SMILES string of the molecule is C=CCN1CC(N)(O)N=C1CC. The van der Waals surface area contributed by atoms with Crippen LogP contribution >= 0.6 is 0 Å². The van der Waals surface area contributed by atoms with Crippen LogP contribution in [0.5, 0.6) is 0 Å². The van der Waals surface area contributed by atoms with Crippen molar-refractivity contribution in [2.45, 2.75) is 19.2 Å². The van der Waals surface area contributed by atoms with Crippen molar-refractivity contribution in [2.75, 3.05) is 13.1 Å². The van der Waals surface area contributed by atoms with Crippen molar-refractivity contribution < 1.29 is 5.11 Å². The van der Waals surface area contributed by atoms with Crippen LogP contribution in [0, 0.1) is 0 Å². The monoisotopic (exact) mass is 169 g/mol. The minimum atomic E-state index is -1.39.